The zero-order valence-corrected chi connectivity index (χ0v) is 17.4. The molecule has 2 aliphatic carbocycles. The maximum atomic E-state index is 4.80. The molecule has 0 aromatic heterocycles. The molecule has 4 rings (SSSR count). The predicted molar refractivity (Wildman–Crippen MR) is 116 cm³/mol. The van der Waals surface area contributed by atoms with Crippen LogP contribution in [0.2, 0.25) is 0 Å². The Morgan fingerprint density at radius 3 is 2.79 bits per heavy atom. The summed E-state index contributed by atoms with van der Waals surface area (Å²) in [5.74, 6) is 2.32. The van der Waals surface area contributed by atoms with Crippen molar-refractivity contribution in [2.75, 3.05) is 13.2 Å². The second-order valence-corrected chi connectivity index (χ2v) is 8.32. The normalized spacial score (nSPS) is 28.5. The second kappa shape index (κ2) is 7.98. The molecule has 0 radical (unpaired) electrons. The lowest BCUT2D eigenvalue weighted by atomic mass is 9.86. The highest BCUT2D eigenvalue weighted by Gasteiger charge is 2.64. The standard InChI is InChI=1S/C25H32N3/c1-4-11-22-23-21(14-10-15-25(22,23)16-19(5-2)6-3)17-28-18-26-24(27-28)20-12-8-7-9-13-20/h5,7-10,12-15,22-23H,4,6,11,16-18H2,1-3H3/q+1/b19-5+. The van der Waals surface area contributed by atoms with Gasteiger partial charge in [0.25, 0.3) is 6.67 Å². The minimum absolute atomic E-state index is 0.348. The number of nitrogens with zero attached hydrogens (tertiary/aromatic N) is 3. The highest BCUT2D eigenvalue weighted by atomic mass is 15.4. The number of benzene rings is 1. The Kier molecular flexibility index (Phi) is 5.43. The quantitative estimate of drug-likeness (QED) is 0.386. The predicted octanol–water partition coefficient (Wildman–Crippen LogP) is 6.14. The SMILES string of the molecule is C/C=C(\CC)CC12C=CC=C(C[N+]3=NC(c4ccccc4)=NC3)C1C2CCC. The van der Waals surface area contributed by atoms with Gasteiger partial charge in [0.05, 0.1) is 0 Å². The van der Waals surface area contributed by atoms with Gasteiger partial charge in [-0.05, 0) is 38.0 Å². The van der Waals surface area contributed by atoms with E-state index in [4.69, 9.17) is 5.11 Å². The zero-order chi connectivity index (χ0) is 19.6. The van der Waals surface area contributed by atoms with Gasteiger partial charge in [0.15, 0.2) is 6.54 Å². The van der Waals surface area contributed by atoms with Crippen molar-refractivity contribution >= 4 is 5.84 Å². The number of azo groups is 2. The molecule has 3 heteroatoms. The van der Waals surface area contributed by atoms with Crippen molar-refractivity contribution in [3.8, 4) is 0 Å². The molecule has 1 aromatic rings. The molecular formula is C25H32N3+. The van der Waals surface area contributed by atoms with Gasteiger partial charge in [-0.15, -0.1) is 0 Å². The van der Waals surface area contributed by atoms with Crippen LogP contribution in [0.15, 0.2) is 75.9 Å². The fraction of sp³-hybridized carbons (Fsp3) is 0.480. The smallest absolute Gasteiger partial charge is 0.192 e. The van der Waals surface area contributed by atoms with Crippen LogP contribution in [0, 0.1) is 17.3 Å². The Balaban J connectivity index is 1.50. The van der Waals surface area contributed by atoms with Gasteiger partial charge < -0.3 is 0 Å². The Morgan fingerprint density at radius 1 is 1.25 bits per heavy atom. The number of allylic oxidation sites excluding steroid dienone is 5. The van der Waals surface area contributed by atoms with Crippen LogP contribution in [0.25, 0.3) is 0 Å². The van der Waals surface area contributed by atoms with Gasteiger partial charge >= 0.3 is 0 Å². The molecule has 3 atom stereocenters. The van der Waals surface area contributed by atoms with E-state index in [2.05, 4.69) is 66.9 Å². The third kappa shape index (κ3) is 3.43. The molecule has 3 aliphatic rings. The first-order valence-electron chi connectivity index (χ1n) is 10.8. The summed E-state index contributed by atoms with van der Waals surface area (Å²) in [5, 5.41) is 4.80. The number of aliphatic imine (C=N–C) groups is 1. The van der Waals surface area contributed by atoms with Crippen molar-refractivity contribution in [2.24, 2.45) is 27.4 Å². The van der Waals surface area contributed by atoms with E-state index in [9.17, 15) is 0 Å². The molecule has 0 amide bonds. The largest absolute Gasteiger partial charge is 0.263 e. The summed E-state index contributed by atoms with van der Waals surface area (Å²) in [6.07, 6.45) is 14.4. The first-order valence-corrected chi connectivity index (χ1v) is 10.8. The van der Waals surface area contributed by atoms with E-state index < -0.39 is 0 Å². The summed E-state index contributed by atoms with van der Waals surface area (Å²) in [6, 6.07) is 10.3. The van der Waals surface area contributed by atoms with Crippen LogP contribution >= 0.6 is 0 Å². The van der Waals surface area contributed by atoms with Crippen LogP contribution in [-0.4, -0.2) is 23.7 Å². The van der Waals surface area contributed by atoms with E-state index in [1.165, 1.54) is 19.3 Å². The van der Waals surface area contributed by atoms with Crippen LogP contribution in [0.5, 0.6) is 0 Å². The first-order chi connectivity index (χ1) is 13.7. The van der Waals surface area contributed by atoms with Crippen LogP contribution in [-0.2, 0) is 0 Å². The van der Waals surface area contributed by atoms with Gasteiger partial charge in [-0.3, -0.25) is 0 Å². The summed E-state index contributed by atoms with van der Waals surface area (Å²) in [4.78, 5) is 4.66. The van der Waals surface area contributed by atoms with Crippen LogP contribution in [0.1, 0.15) is 52.0 Å². The zero-order valence-electron chi connectivity index (χ0n) is 17.4. The third-order valence-corrected chi connectivity index (χ3v) is 6.69. The molecule has 1 fully saturated rings. The van der Waals surface area contributed by atoms with E-state index in [1.807, 2.05) is 18.2 Å². The van der Waals surface area contributed by atoms with E-state index in [0.29, 0.717) is 18.0 Å². The molecule has 0 spiro atoms. The number of hydrogen-bond donors (Lipinski definition) is 0. The number of amidine groups is 1. The van der Waals surface area contributed by atoms with Gasteiger partial charge in [-0.1, -0.05) is 85.2 Å². The van der Waals surface area contributed by atoms with Gasteiger partial charge in [0.2, 0.25) is 5.84 Å². The van der Waals surface area contributed by atoms with Gasteiger partial charge in [-0.2, -0.15) is 4.99 Å². The van der Waals surface area contributed by atoms with Crippen molar-refractivity contribution in [3.63, 3.8) is 0 Å². The van der Waals surface area contributed by atoms with Gasteiger partial charge in [-0.25, -0.2) is 0 Å². The average Bonchev–Trinajstić information content (AvgIpc) is 3.11. The van der Waals surface area contributed by atoms with Gasteiger partial charge in [0.1, 0.15) is 0 Å². The minimum atomic E-state index is 0.348. The van der Waals surface area contributed by atoms with E-state index in [0.717, 1.165) is 30.3 Å². The molecule has 146 valence electrons. The Morgan fingerprint density at radius 2 is 2.07 bits per heavy atom. The Labute approximate surface area is 169 Å². The molecule has 1 aromatic carbocycles. The first kappa shape index (κ1) is 19.0. The van der Waals surface area contributed by atoms with Crippen molar-refractivity contribution in [3.05, 3.63) is 71.3 Å². The molecule has 3 unspecified atom stereocenters. The summed E-state index contributed by atoms with van der Waals surface area (Å²) in [7, 11) is 0. The monoisotopic (exact) mass is 374 g/mol. The summed E-state index contributed by atoms with van der Waals surface area (Å²) in [6.45, 7) is 8.35. The Bertz CT molecular complexity index is 872. The molecule has 1 heterocycles. The highest BCUT2D eigenvalue weighted by molar-refractivity contribution is 5.99. The highest BCUT2D eigenvalue weighted by Crippen LogP contribution is 2.69. The fourth-order valence-corrected chi connectivity index (χ4v) is 5.23. The molecule has 3 nitrogen and oxygen atoms in total. The molecule has 0 saturated heterocycles. The van der Waals surface area contributed by atoms with E-state index in [1.54, 1.807) is 11.1 Å². The lowest BCUT2D eigenvalue weighted by Gasteiger charge is -2.18. The number of rotatable bonds is 8. The maximum absolute atomic E-state index is 4.80. The summed E-state index contributed by atoms with van der Waals surface area (Å²) >= 11 is 0. The third-order valence-electron chi connectivity index (χ3n) is 6.69. The van der Waals surface area contributed by atoms with Crippen LogP contribution < -0.4 is 0 Å². The van der Waals surface area contributed by atoms with Gasteiger partial charge in [0, 0.05) is 21.7 Å². The van der Waals surface area contributed by atoms with Crippen molar-refractivity contribution in [1.82, 2.24) is 0 Å². The Hall–Kier alpha value is -2.29. The van der Waals surface area contributed by atoms with E-state index >= 15 is 0 Å². The van der Waals surface area contributed by atoms with Crippen molar-refractivity contribution in [1.29, 1.82) is 0 Å². The molecule has 28 heavy (non-hydrogen) atoms. The molecule has 0 N–H and O–H groups in total. The summed E-state index contributed by atoms with van der Waals surface area (Å²) in [5.41, 5.74) is 4.59. The fourth-order valence-electron chi connectivity index (χ4n) is 5.23. The van der Waals surface area contributed by atoms with Crippen LogP contribution in [0.3, 0.4) is 0 Å². The molecule has 0 bridgehead atoms. The topological polar surface area (TPSA) is 27.7 Å². The average molecular weight is 375 g/mol. The van der Waals surface area contributed by atoms with Crippen molar-refractivity contribution in [2.45, 2.75) is 46.5 Å². The summed E-state index contributed by atoms with van der Waals surface area (Å²) < 4.78 is 2.13. The number of fused-ring (bicyclic) bond motifs is 1. The molecule has 1 saturated carbocycles. The van der Waals surface area contributed by atoms with Crippen molar-refractivity contribution < 1.29 is 4.70 Å². The molecule has 1 aliphatic heterocycles. The van der Waals surface area contributed by atoms with Crippen LogP contribution in [0.4, 0.5) is 0 Å². The second-order valence-electron chi connectivity index (χ2n) is 8.32. The lowest BCUT2D eigenvalue weighted by molar-refractivity contribution is -0.573. The molecular weight excluding hydrogens is 342 g/mol. The number of hydrogen-bond acceptors (Lipinski definition) is 2. The minimum Gasteiger partial charge on any atom is -0.192 e. The maximum Gasteiger partial charge on any atom is 0.263 e. The van der Waals surface area contributed by atoms with E-state index in [-0.39, 0.29) is 0 Å². The lowest BCUT2D eigenvalue weighted by Crippen LogP contribution is -2.16.